The first-order chi connectivity index (χ1) is 26.9. The van der Waals surface area contributed by atoms with Crippen LogP contribution in [0, 0.1) is 0 Å². The molecule has 0 heterocycles. The zero-order valence-corrected chi connectivity index (χ0v) is 34.8. The summed E-state index contributed by atoms with van der Waals surface area (Å²) in [5.74, 6) is -1.13. The molecule has 324 valence electrons. The molecule has 0 radical (unpaired) electrons. The van der Waals surface area contributed by atoms with Gasteiger partial charge in [-0.25, -0.2) is 4.57 Å². The maximum Gasteiger partial charge on any atom is 0.472 e. The zero-order chi connectivity index (χ0) is 41.4. The Hall–Kier alpha value is -2.19. The lowest BCUT2D eigenvalue weighted by Gasteiger charge is -2.41. The molecular weight excluding hydrogens is 743 g/mol. The molecule has 6 N–H and O–H groups in total. The van der Waals surface area contributed by atoms with Crippen LogP contribution in [0.2, 0.25) is 0 Å². The second-order valence-corrected chi connectivity index (χ2v) is 15.9. The molecule has 6 unspecified atom stereocenters. The highest BCUT2D eigenvalue weighted by molar-refractivity contribution is 7.47. The van der Waals surface area contributed by atoms with Crippen LogP contribution >= 0.6 is 7.82 Å². The van der Waals surface area contributed by atoms with Gasteiger partial charge < -0.3 is 39.9 Å². The predicted octanol–water partition coefficient (Wildman–Crippen LogP) is 7.22. The van der Waals surface area contributed by atoms with Crippen molar-refractivity contribution in [2.75, 3.05) is 13.2 Å². The molecule has 1 saturated carbocycles. The number of aliphatic hydroxyl groups is 5. The third-order valence-corrected chi connectivity index (χ3v) is 10.4. The zero-order valence-electron chi connectivity index (χ0n) is 33.9. The van der Waals surface area contributed by atoms with Crippen molar-refractivity contribution in [1.82, 2.24) is 0 Å². The third kappa shape index (κ3) is 25.2. The molecule has 1 rings (SSSR count). The van der Waals surface area contributed by atoms with Crippen molar-refractivity contribution in [3.05, 3.63) is 48.6 Å². The van der Waals surface area contributed by atoms with E-state index in [4.69, 9.17) is 18.5 Å². The molecule has 1 fully saturated rings. The van der Waals surface area contributed by atoms with Crippen LogP contribution in [-0.2, 0) is 32.7 Å². The van der Waals surface area contributed by atoms with E-state index < -0.39 is 75.7 Å². The smallest absolute Gasteiger partial charge is 0.462 e. The minimum Gasteiger partial charge on any atom is -0.462 e. The van der Waals surface area contributed by atoms with Gasteiger partial charge in [-0.15, -0.1) is 0 Å². The van der Waals surface area contributed by atoms with Crippen LogP contribution in [0.1, 0.15) is 149 Å². The van der Waals surface area contributed by atoms with Crippen molar-refractivity contribution >= 4 is 19.8 Å². The summed E-state index contributed by atoms with van der Waals surface area (Å²) in [5, 5.41) is 50.0. The lowest BCUT2D eigenvalue weighted by molar-refractivity contribution is -0.220. The molecule has 0 spiro atoms. The van der Waals surface area contributed by atoms with Crippen LogP contribution in [0.15, 0.2) is 48.6 Å². The van der Waals surface area contributed by atoms with E-state index in [1.54, 1.807) is 0 Å². The fourth-order valence-electron chi connectivity index (χ4n) is 6.00. The monoisotopic (exact) mass is 816 g/mol. The number of rotatable bonds is 33. The van der Waals surface area contributed by atoms with Crippen LogP contribution < -0.4 is 0 Å². The van der Waals surface area contributed by atoms with Crippen molar-refractivity contribution in [3.8, 4) is 0 Å². The van der Waals surface area contributed by atoms with Crippen LogP contribution in [-0.4, -0.2) is 98.3 Å². The molecular formula is C42H73O13P. The lowest BCUT2D eigenvalue weighted by atomic mass is 9.85. The number of unbranched alkanes of at least 4 members (excludes halogenated alkanes) is 13. The number of allylic oxidation sites excluding steroid dienone is 8. The van der Waals surface area contributed by atoms with Crippen LogP contribution in [0.25, 0.3) is 0 Å². The minimum atomic E-state index is -5.12. The van der Waals surface area contributed by atoms with Gasteiger partial charge in [0.1, 0.15) is 43.2 Å². The Morgan fingerprint density at radius 2 is 1.02 bits per heavy atom. The summed E-state index contributed by atoms with van der Waals surface area (Å²) >= 11 is 0. The Morgan fingerprint density at radius 3 is 1.57 bits per heavy atom. The highest BCUT2D eigenvalue weighted by Gasteiger charge is 2.51. The number of carbonyl (C=O) groups is 2. The first kappa shape index (κ1) is 51.8. The molecule has 56 heavy (non-hydrogen) atoms. The van der Waals surface area contributed by atoms with E-state index in [0.29, 0.717) is 12.8 Å². The molecule has 14 heteroatoms. The van der Waals surface area contributed by atoms with Crippen LogP contribution in [0.4, 0.5) is 0 Å². The summed E-state index contributed by atoms with van der Waals surface area (Å²) in [6.07, 6.45) is 23.2. The number of hydrogen-bond acceptors (Lipinski definition) is 12. The number of esters is 2. The summed E-state index contributed by atoms with van der Waals surface area (Å²) in [4.78, 5) is 35.5. The van der Waals surface area contributed by atoms with E-state index in [2.05, 4.69) is 62.5 Å². The first-order valence-electron chi connectivity index (χ1n) is 20.9. The lowest BCUT2D eigenvalue weighted by Crippen LogP contribution is -2.64. The minimum absolute atomic E-state index is 0.0808. The quantitative estimate of drug-likeness (QED) is 0.0168. The number of phosphoric ester groups is 1. The molecule has 0 amide bonds. The fourth-order valence-corrected chi connectivity index (χ4v) is 6.97. The van der Waals surface area contributed by atoms with E-state index in [0.717, 1.165) is 89.9 Å². The number of carbonyl (C=O) groups excluding carboxylic acids is 2. The number of aliphatic hydroxyl groups excluding tert-OH is 5. The van der Waals surface area contributed by atoms with E-state index in [-0.39, 0.29) is 12.8 Å². The largest absolute Gasteiger partial charge is 0.472 e. The fraction of sp³-hybridized carbons (Fsp3) is 0.762. The molecule has 8 atom stereocenters. The molecule has 0 aromatic carbocycles. The average Bonchev–Trinajstić information content (AvgIpc) is 3.18. The standard InChI is InChI=1S/C42H73O13P/c1-3-5-7-9-11-13-15-17-18-19-21-22-24-26-28-30-35(43)52-32-34(54-36(44)31-29-27-25-23-20-16-14-12-10-8-6-4-2)33-53-56(50,51)55-42-40(48)38(46)37(45)39(47)41(42)49/h5,7,11-14,17-18,34,37-42,45-49H,3-4,6,8-10,15-16,19-33H2,1-2H3,(H,50,51)/b7-5-,13-11-,14-12-,18-17-/t34-,37?,38-,39?,40?,41?,42?/m1/s1. The number of phosphoric acid groups is 1. The second kappa shape index (κ2) is 32.7. The topological polar surface area (TPSA) is 210 Å². The van der Waals surface area contributed by atoms with Gasteiger partial charge in [0, 0.05) is 12.8 Å². The summed E-state index contributed by atoms with van der Waals surface area (Å²) in [6, 6.07) is 0. The number of hydrogen-bond donors (Lipinski definition) is 6. The molecule has 1 aliphatic rings. The van der Waals surface area contributed by atoms with Gasteiger partial charge in [0.2, 0.25) is 0 Å². The Balaban J connectivity index is 2.52. The molecule has 0 saturated heterocycles. The van der Waals surface area contributed by atoms with E-state index >= 15 is 0 Å². The van der Waals surface area contributed by atoms with Gasteiger partial charge in [0.15, 0.2) is 6.10 Å². The molecule has 1 aliphatic carbocycles. The Labute approximate surface area is 335 Å². The van der Waals surface area contributed by atoms with Gasteiger partial charge in [0.25, 0.3) is 0 Å². The summed E-state index contributed by atoms with van der Waals surface area (Å²) in [7, 11) is -5.12. The maximum atomic E-state index is 12.8. The highest BCUT2D eigenvalue weighted by atomic mass is 31.2. The molecule has 13 nitrogen and oxygen atoms in total. The van der Waals surface area contributed by atoms with Gasteiger partial charge >= 0.3 is 19.8 Å². The molecule has 0 aromatic rings. The SMILES string of the molecule is CC/C=C\C/C=C\C/C=C\CCCCCCCC(=O)OC[C@H](COP(=O)(O)OC1C(O)C(O)C(O)[C@@H](O)C1O)OC(=O)CCCCCCC/C=C\CCCCC. The Morgan fingerprint density at radius 1 is 0.571 bits per heavy atom. The van der Waals surface area contributed by atoms with E-state index in [1.807, 2.05) is 0 Å². The third-order valence-electron chi connectivity index (χ3n) is 9.40. The van der Waals surface area contributed by atoms with E-state index in [1.165, 1.54) is 19.3 Å². The van der Waals surface area contributed by atoms with Crippen LogP contribution in [0.5, 0.6) is 0 Å². The second-order valence-electron chi connectivity index (χ2n) is 14.5. The predicted molar refractivity (Wildman–Crippen MR) is 216 cm³/mol. The van der Waals surface area contributed by atoms with Crippen molar-refractivity contribution in [1.29, 1.82) is 0 Å². The van der Waals surface area contributed by atoms with Crippen LogP contribution in [0.3, 0.4) is 0 Å². The first-order valence-corrected chi connectivity index (χ1v) is 22.4. The van der Waals surface area contributed by atoms with Crippen molar-refractivity contribution in [3.63, 3.8) is 0 Å². The van der Waals surface area contributed by atoms with Gasteiger partial charge in [-0.2, -0.15) is 0 Å². The van der Waals surface area contributed by atoms with Crippen molar-refractivity contribution in [2.24, 2.45) is 0 Å². The van der Waals surface area contributed by atoms with E-state index in [9.17, 15) is 44.6 Å². The molecule has 0 aliphatic heterocycles. The number of ether oxygens (including phenoxy) is 2. The van der Waals surface area contributed by atoms with Gasteiger partial charge in [-0.05, 0) is 70.6 Å². The van der Waals surface area contributed by atoms with Gasteiger partial charge in [0.05, 0.1) is 6.61 Å². The summed E-state index contributed by atoms with van der Waals surface area (Å²) in [5.41, 5.74) is 0. The Bertz CT molecular complexity index is 1170. The Kier molecular flexibility index (Phi) is 30.3. The molecule has 0 bridgehead atoms. The summed E-state index contributed by atoms with van der Waals surface area (Å²) < 4.78 is 33.4. The van der Waals surface area contributed by atoms with Gasteiger partial charge in [-0.1, -0.05) is 114 Å². The van der Waals surface area contributed by atoms with Gasteiger partial charge in [-0.3, -0.25) is 18.6 Å². The highest BCUT2D eigenvalue weighted by Crippen LogP contribution is 2.47. The summed E-state index contributed by atoms with van der Waals surface area (Å²) in [6.45, 7) is 3.11. The van der Waals surface area contributed by atoms with Crippen molar-refractivity contribution in [2.45, 2.75) is 191 Å². The molecule has 0 aromatic heterocycles. The van der Waals surface area contributed by atoms with Crippen molar-refractivity contribution < 1.29 is 63.1 Å². The maximum absolute atomic E-state index is 12.8. The normalized spacial score (nSPS) is 23.4. The average molecular weight is 817 g/mol.